The summed E-state index contributed by atoms with van der Waals surface area (Å²) in [5.74, 6) is -0.0109. The molecule has 2 aromatic rings. The van der Waals surface area contributed by atoms with Crippen LogP contribution in [-0.4, -0.2) is 53.2 Å². The second kappa shape index (κ2) is 8.13. The van der Waals surface area contributed by atoms with Gasteiger partial charge in [-0.2, -0.15) is 11.3 Å². The molecule has 132 valence electrons. The van der Waals surface area contributed by atoms with Crippen LogP contribution < -0.4 is 0 Å². The molecule has 7 heteroatoms. The minimum absolute atomic E-state index is 0.0109. The molecule has 0 unspecified atom stereocenters. The first-order valence-electron chi connectivity index (χ1n) is 8.08. The molecule has 3 rings (SSSR count). The molecule has 25 heavy (non-hydrogen) atoms. The summed E-state index contributed by atoms with van der Waals surface area (Å²) in [7, 11) is 0. The number of ether oxygens (including phenoxy) is 1. The summed E-state index contributed by atoms with van der Waals surface area (Å²) in [5, 5.41) is 13.3. The number of carbonyl (C=O) groups excluding carboxylic acids is 1. The van der Waals surface area contributed by atoms with Crippen LogP contribution in [-0.2, 0) is 17.8 Å². The molecule has 0 saturated carbocycles. The third-order valence-electron chi connectivity index (χ3n) is 4.10. The highest BCUT2D eigenvalue weighted by Crippen LogP contribution is 2.15. The minimum atomic E-state index is -0.959. The second-order valence-corrected chi connectivity index (χ2v) is 6.65. The van der Waals surface area contributed by atoms with Gasteiger partial charge in [0.15, 0.2) is 0 Å². The van der Waals surface area contributed by atoms with Gasteiger partial charge < -0.3 is 14.7 Å². The zero-order chi connectivity index (χ0) is 17.6. The molecular weight excluding hydrogens is 340 g/mol. The van der Waals surface area contributed by atoms with Crippen LogP contribution in [0.25, 0.3) is 0 Å². The summed E-state index contributed by atoms with van der Waals surface area (Å²) in [5.41, 5.74) is 2.45. The van der Waals surface area contributed by atoms with Gasteiger partial charge in [-0.05, 0) is 40.1 Å². The van der Waals surface area contributed by atoms with Gasteiger partial charge in [-0.25, -0.2) is 4.79 Å². The molecule has 6 nitrogen and oxygen atoms in total. The monoisotopic (exact) mass is 360 g/mol. The summed E-state index contributed by atoms with van der Waals surface area (Å²) in [6.07, 6.45) is -0.959. The van der Waals surface area contributed by atoms with Gasteiger partial charge in [-0.3, -0.25) is 9.69 Å². The predicted octanol–water partition coefficient (Wildman–Crippen LogP) is 2.90. The topological polar surface area (TPSA) is 70.1 Å². The molecule has 0 atom stereocenters. The van der Waals surface area contributed by atoms with Gasteiger partial charge in [0, 0.05) is 25.2 Å². The lowest BCUT2D eigenvalue weighted by molar-refractivity contribution is 0.0303. The number of thiophene rings is 1. The molecule has 0 spiro atoms. The Bertz CT molecular complexity index is 709. The molecule has 0 radical (unpaired) electrons. The van der Waals surface area contributed by atoms with Crippen molar-refractivity contribution in [3.8, 4) is 0 Å². The third kappa shape index (κ3) is 4.58. The average molecular weight is 360 g/mol. The van der Waals surface area contributed by atoms with E-state index in [1.165, 1.54) is 4.90 Å². The number of amides is 2. The Morgan fingerprint density at radius 3 is 2.36 bits per heavy atom. The fourth-order valence-electron chi connectivity index (χ4n) is 2.72. The maximum absolute atomic E-state index is 12.4. The molecule has 1 fully saturated rings. The van der Waals surface area contributed by atoms with Crippen LogP contribution in [0.2, 0.25) is 0 Å². The number of hydrogen-bond acceptors (Lipinski definition) is 4. The van der Waals surface area contributed by atoms with Gasteiger partial charge in [0.25, 0.3) is 5.91 Å². The summed E-state index contributed by atoms with van der Waals surface area (Å²) in [4.78, 5) is 27.0. The number of nitrogens with zero attached hydrogens (tertiary/aromatic N) is 2. The van der Waals surface area contributed by atoms with Crippen LogP contribution in [0.3, 0.4) is 0 Å². The van der Waals surface area contributed by atoms with Crippen molar-refractivity contribution in [1.29, 1.82) is 0 Å². The van der Waals surface area contributed by atoms with Gasteiger partial charge in [-0.15, -0.1) is 0 Å². The predicted molar refractivity (Wildman–Crippen MR) is 94.8 cm³/mol. The molecule has 0 aliphatic carbocycles. The lowest BCUT2D eigenvalue weighted by Crippen LogP contribution is -2.40. The van der Waals surface area contributed by atoms with Crippen molar-refractivity contribution in [3.63, 3.8) is 0 Å². The van der Waals surface area contributed by atoms with Gasteiger partial charge in [-0.1, -0.05) is 12.1 Å². The number of rotatable bonds is 5. The second-order valence-electron chi connectivity index (χ2n) is 5.87. The highest BCUT2D eigenvalue weighted by molar-refractivity contribution is 7.07. The van der Waals surface area contributed by atoms with Crippen molar-refractivity contribution >= 4 is 23.3 Å². The van der Waals surface area contributed by atoms with Crippen LogP contribution in [0.5, 0.6) is 0 Å². The van der Waals surface area contributed by atoms with Crippen LogP contribution in [0.1, 0.15) is 21.5 Å². The Morgan fingerprint density at radius 1 is 1.08 bits per heavy atom. The Hall–Kier alpha value is -2.38. The molecule has 1 aromatic heterocycles. The van der Waals surface area contributed by atoms with Crippen LogP contribution in [0, 0.1) is 0 Å². The first kappa shape index (κ1) is 17.4. The van der Waals surface area contributed by atoms with Gasteiger partial charge in [0.2, 0.25) is 0 Å². The van der Waals surface area contributed by atoms with Crippen molar-refractivity contribution in [2.24, 2.45) is 0 Å². The number of benzene rings is 1. The highest BCUT2D eigenvalue weighted by atomic mass is 32.1. The summed E-state index contributed by atoms with van der Waals surface area (Å²) >= 11 is 1.55. The van der Waals surface area contributed by atoms with E-state index in [0.717, 1.165) is 11.1 Å². The van der Waals surface area contributed by atoms with Crippen molar-refractivity contribution in [2.45, 2.75) is 13.1 Å². The Balaban J connectivity index is 1.64. The maximum atomic E-state index is 12.4. The number of morpholine rings is 1. The number of carboxylic acid groups (broad SMARTS) is 1. The minimum Gasteiger partial charge on any atom is -0.465 e. The molecule has 1 aromatic carbocycles. The molecule has 1 aliphatic heterocycles. The smallest absolute Gasteiger partial charge is 0.407 e. The van der Waals surface area contributed by atoms with Crippen LogP contribution >= 0.6 is 11.3 Å². The van der Waals surface area contributed by atoms with Gasteiger partial charge in [0.1, 0.15) is 0 Å². The average Bonchev–Trinajstić information content (AvgIpc) is 3.15. The molecule has 2 amide bonds. The molecule has 0 bridgehead atoms. The van der Waals surface area contributed by atoms with E-state index >= 15 is 0 Å². The standard InChI is InChI=1S/C18H20N2O4S/c21-17(19-6-8-24-9-7-19)16-3-1-14(2-4-16)11-20(18(22)23)12-15-5-10-25-13-15/h1-5,10,13H,6-9,11-12H2,(H,22,23). The summed E-state index contributed by atoms with van der Waals surface area (Å²) in [6, 6.07) is 9.08. The SMILES string of the molecule is O=C(O)N(Cc1ccc(C(=O)N2CCOCC2)cc1)Cc1ccsc1. The molecule has 2 heterocycles. The fourth-order valence-corrected chi connectivity index (χ4v) is 3.38. The Kier molecular flexibility index (Phi) is 5.67. The highest BCUT2D eigenvalue weighted by Gasteiger charge is 2.19. The lowest BCUT2D eigenvalue weighted by Gasteiger charge is -2.27. The van der Waals surface area contributed by atoms with Crippen molar-refractivity contribution < 1.29 is 19.4 Å². The van der Waals surface area contributed by atoms with Crippen molar-refractivity contribution in [3.05, 3.63) is 57.8 Å². The van der Waals surface area contributed by atoms with E-state index in [-0.39, 0.29) is 12.5 Å². The van der Waals surface area contributed by atoms with Crippen molar-refractivity contribution in [2.75, 3.05) is 26.3 Å². The first-order chi connectivity index (χ1) is 12.1. The molecular formula is C18H20N2O4S. The lowest BCUT2D eigenvalue weighted by atomic mass is 10.1. The summed E-state index contributed by atoms with van der Waals surface area (Å²) < 4.78 is 5.26. The maximum Gasteiger partial charge on any atom is 0.407 e. The normalized spacial score (nSPS) is 14.3. The van der Waals surface area contributed by atoms with E-state index in [4.69, 9.17) is 4.74 Å². The number of carbonyl (C=O) groups is 2. The van der Waals surface area contributed by atoms with Gasteiger partial charge >= 0.3 is 6.09 Å². The molecule has 1 aliphatic rings. The first-order valence-corrected chi connectivity index (χ1v) is 9.02. The molecule has 1 saturated heterocycles. The van der Waals surface area contributed by atoms with E-state index in [1.54, 1.807) is 28.4 Å². The van der Waals surface area contributed by atoms with Crippen LogP contribution in [0.4, 0.5) is 4.79 Å². The van der Waals surface area contributed by atoms with E-state index in [9.17, 15) is 14.7 Å². The quantitative estimate of drug-likeness (QED) is 0.890. The zero-order valence-corrected chi connectivity index (χ0v) is 14.6. The number of hydrogen-bond donors (Lipinski definition) is 1. The molecule has 1 N–H and O–H groups in total. The van der Waals surface area contributed by atoms with E-state index in [0.29, 0.717) is 38.4 Å². The van der Waals surface area contributed by atoms with E-state index in [2.05, 4.69) is 0 Å². The van der Waals surface area contributed by atoms with E-state index in [1.807, 2.05) is 29.0 Å². The van der Waals surface area contributed by atoms with Crippen molar-refractivity contribution in [1.82, 2.24) is 9.80 Å². The van der Waals surface area contributed by atoms with Gasteiger partial charge in [0.05, 0.1) is 19.8 Å². The zero-order valence-electron chi connectivity index (χ0n) is 13.8. The largest absolute Gasteiger partial charge is 0.465 e. The Morgan fingerprint density at radius 2 is 1.76 bits per heavy atom. The fraction of sp³-hybridized carbons (Fsp3) is 0.333. The Labute approximate surface area is 150 Å². The van der Waals surface area contributed by atoms with E-state index < -0.39 is 6.09 Å². The summed E-state index contributed by atoms with van der Waals surface area (Å²) in [6.45, 7) is 2.99. The third-order valence-corrected chi connectivity index (χ3v) is 4.83. The van der Waals surface area contributed by atoms with Crippen LogP contribution in [0.15, 0.2) is 41.1 Å².